The molecule has 1 aliphatic heterocycles. The molecule has 5 heteroatoms. The smallest absolute Gasteiger partial charge is 0.164 e. The number of nitrogens with zero attached hydrogens (tertiary/aromatic N) is 3. The van der Waals surface area contributed by atoms with Crippen molar-refractivity contribution in [3.05, 3.63) is 197 Å². The standard InChI is InChI=1S/C48H29N3OS/c1-3-13-31(14-4-1)45-49-46(32-15-5-2-6-16-32)51-47(50-45)33-25-23-30(24-26-33)36-29-40-43(35-27-28-53-44(35)36)34-17-7-8-18-37(34)48(40)38-19-9-11-21-41(38)52-42-22-12-10-20-39(42)48/h1-29H. The molecule has 3 heterocycles. The fraction of sp³-hybridized carbons (Fsp3) is 0.0208. The van der Waals surface area contributed by atoms with Gasteiger partial charge < -0.3 is 4.74 Å². The summed E-state index contributed by atoms with van der Waals surface area (Å²) in [6, 6.07) is 59.7. The molecule has 0 atom stereocenters. The van der Waals surface area contributed by atoms with Gasteiger partial charge in [-0.2, -0.15) is 0 Å². The van der Waals surface area contributed by atoms with Gasteiger partial charge in [0.05, 0.1) is 5.41 Å². The lowest BCUT2D eigenvalue weighted by Crippen LogP contribution is -2.32. The normalized spacial score (nSPS) is 13.2. The van der Waals surface area contributed by atoms with Gasteiger partial charge in [-0.25, -0.2) is 15.0 Å². The molecule has 0 saturated carbocycles. The van der Waals surface area contributed by atoms with E-state index in [4.69, 9.17) is 19.7 Å². The van der Waals surface area contributed by atoms with Crippen LogP contribution in [0.25, 0.3) is 66.5 Å². The summed E-state index contributed by atoms with van der Waals surface area (Å²) < 4.78 is 7.87. The third kappa shape index (κ3) is 4.44. The van der Waals surface area contributed by atoms with Crippen LogP contribution in [0, 0.1) is 0 Å². The zero-order valence-electron chi connectivity index (χ0n) is 28.4. The summed E-state index contributed by atoms with van der Waals surface area (Å²) in [5.74, 6) is 3.74. The van der Waals surface area contributed by atoms with E-state index in [2.05, 4.69) is 115 Å². The van der Waals surface area contributed by atoms with Gasteiger partial charge in [0, 0.05) is 37.9 Å². The largest absolute Gasteiger partial charge is 0.457 e. The molecular formula is C48H29N3OS. The minimum absolute atomic E-state index is 0.533. The minimum Gasteiger partial charge on any atom is -0.457 e. The first-order chi connectivity index (χ1) is 26.3. The number of hydrogen-bond donors (Lipinski definition) is 0. The number of aromatic nitrogens is 3. The van der Waals surface area contributed by atoms with Gasteiger partial charge in [0.25, 0.3) is 0 Å². The average molecular weight is 696 g/mol. The molecule has 0 fully saturated rings. The highest BCUT2D eigenvalue weighted by Crippen LogP contribution is 2.64. The third-order valence-electron chi connectivity index (χ3n) is 10.7. The van der Waals surface area contributed by atoms with Gasteiger partial charge in [-0.15, -0.1) is 11.3 Å². The summed E-state index contributed by atoms with van der Waals surface area (Å²) in [5.41, 5.74) is 12.1. The van der Waals surface area contributed by atoms with Crippen molar-refractivity contribution in [3.8, 4) is 67.9 Å². The topological polar surface area (TPSA) is 47.9 Å². The lowest BCUT2D eigenvalue weighted by atomic mass is 9.66. The summed E-state index contributed by atoms with van der Waals surface area (Å²) in [6.07, 6.45) is 0. The Balaban J connectivity index is 1.11. The van der Waals surface area contributed by atoms with E-state index in [-0.39, 0.29) is 0 Å². The van der Waals surface area contributed by atoms with Crippen molar-refractivity contribution >= 4 is 21.4 Å². The Hall–Kier alpha value is -6.69. The number of fused-ring (bicyclic) bond motifs is 11. The zero-order valence-corrected chi connectivity index (χ0v) is 29.2. The average Bonchev–Trinajstić information content (AvgIpc) is 3.83. The Kier molecular flexibility index (Phi) is 6.60. The van der Waals surface area contributed by atoms with E-state index in [9.17, 15) is 0 Å². The van der Waals surface area contributed by atoms with Gasteiger partial charge >= 0.3 is 0 Å². The lowest BCUT2D eigenvalue weighted by Gasteiger charge is -2.39. The molecule has 0 amide bonds. The van der Waals surface area contributed by atoms with Crippen molar-refractivity contribution in [2.75, 3.05) is 0 Å². The van der Waals surface area contributed by atoms with Crippen LogP contribution in [0.4, 0.5) is 0 Å². The summed E-state index contributed by atoms with van der Waals surface area (Å²) in [7, 11) is 0. The number of benzene rings is 7. The van der Waals surface area contributed by atoms with Crippen LogP contribution in [0.1, 0.15) is 22.3 Å². The van der Waals surface area contributed by atoms with Crippen molar-refractivity contribution in [1.82, 2.24) is 15.0 Å². The van der Waals surface area contributed by atoms with E-state index in [0.717, 1.165) is 33.8 Å². The maximum Gasteiger partial charge on any atom is 0.164 e. The molecule has 0 saturated heterocycles. The van der Waals surface area contributed by atoms with E-state index in [0.29, 0.717) is 17.5 Å². The van der Waals surface area contributed by atoms with E-state index in [1.54, 1.807) is 11.3 Å². The van der Waals surface area contributed by atoms with Crippen LogP contribution < -0.4 is 4.74 Å². The lowest BCUT2D eigenvalue weighted by molar-refractivity contribution is 0.436. The molecule has 2 aromatic heterocycles. The van der Waals surface area contributed by atoms with Gasteiger partial charge in [-0.3, -0.25) is 0 Å². The number of thiophene rings is 1. The number of ether oxygens (including phenoxy) is 1. The first-order valence-corrected chi connectivity index (χ1v) is 18.6. The molecule has 1 spiro atoms. The predicted molar refractivity (Wildman–Crippen MR) is 214 cm³/mol. The third-order valence-corrected chi connectivity index (χ3v) is 11.6. The molecule has 2 aliphatic rings. The zero-order chi connectivity index (χ0) is 34.9. The molecule has 0 unspecified atom stereocenters. The van der Waals surface area contributed by atoms with Crippen LogP contribution >= 0.6 is 11.3 Å². The maximum absolute atomic E-state index is 6.60. The monoisotopic (exact) mass is 695 g/mol. The fourth-order valence-corrected chi connectivity index (χ4v) is 9.37. The van der Waals surface area contributed by atoms with Crippen LogP contribution in [-0.2, 0) is 5.41 Å². The van der Waals surface area contributed by atoms with Gasteiger partial charge in [-0.05, 0) is 63.0 Å². The van der Waals surface area contributed by atoms with Gasteiger partial charge in [-0.1, -0.05) is 146 Å². The van der Waals surface area contributed by atoms with Crippen molar-refractivity contribution in [3.63, 3.8) is 0 Å². The molecule has 0 radical (unpaired) electrons. The molecule has 0 N–H and O–H groups in total. The Morgan fingerprint density at radius 2 is 0.906 bits per heavy atom. The van der Waals surface area contributed by atoms with Crippen LogP contribution in [0.2, 0.25) is 0 Å². The van der Waals surface area contributed by atoms with Crippen molar-refractivity contribution in [1.29, 1.82) is 0 Å². The second kappa shape index (κ2) is 11.7. The van der Waals surface area contributed by atoms with Gasteiger partial charge in [0.1, 0.15) is 11.5 Å². The fourth-order valence-electron chi connectivity index (χ4n) is 8.43. The van der Waals surface area contributed by atoms with Gasteiger partial charge in [0.2, 0.25) is 0 Å². The van der Waals surface area contributed by atoms with Crippen LogP contribution in [-0.4, -0.2) is 15.0 Å². The van der Waals surface area contributed by atoms with E-state index < -0.39 is 5.41 Å². The van der Waals surface area contributed by atoms with E-state index >= 15 is 0 Å². The molecule has 53 heavy (non-hydrogen) atoms. The first-order valence-electron chi connectivity index (χ1n) is 17.8. The molecule has 248 valence electrons. The number of rotatable bonds is 4. The van der Waals surface area contributed by atoms with E-state index in [1.807, 2.05) is 60.7 Å². The van der Waals surface area contributed by atoms with Crippen molar-refractivity contribution < 1.29 is 4.74 Å². The van der Waals surface area contributed by atoms with Crippen molar-refractivity contribution in [2.45, 2.75) is 5.41 Å². The van der Waals surface area contributed by atoms with Crippen LogP contribution in [0.5, 0.6) is 11.5 Å². The molecule has 4 nitrogen and oxygen atoms in total. The summed E-state index contributed by atoms with van der Waals surface area (Å²) in [6.45, 7) is 0. The summed E-state index contributed by atoms with van der Waals surface area (Å²) >= 11 is 1.80. The minimum atomic E-state index is -0.533. The highest BCUT2D eigenvalue weighted by atomic mass is 32.1. The molecule has 9 aromatic rings. The molecule has 0 bridgehead atoms. The first kappa shape index (κ1) is 30.0. The van der Waals surface area contributed by atoms with E-state index in [1.165, 1.54) is 49.0 Å². The summed E-state index contributed by atoms with van der Waals surface area (Å²) in [5, 5.41) is 3.50. The molecule has 11 rings (SSSR count). The Morgan fingerprint density at radius 1 is 0.415 bits per heavy atom. The highest BCUT2D eigenvalue weighted by Gasteiger charge is 2.51. The number of para-hydroxylation sites is 2. The molecule has 7 aromatic carbocycles. The second-order valence-electron chi connectivity index (χ2n) is 13.5. The molecule has 1 aliphatic carbocycles. The highest BCUT2D eigenvalue weighted by molar-refractivity contribution is 7.17. The SMILES string of the molecule is c1ccc(-c2nc(-c3ccccc3)nc(-c3ccc(-c4cc5c(c6ccsc46)-c4ccccc4C54c5ccccc5Oc5ccccc54)cc3)n2)cc1. The Bertz CT molecular complexity index is 2760. The quantitative estimate of drug-likeness (QED) is 0.184. The van der Waals surface area contributed by atoms with Crippen molar-refractivity contribution in [2.24, 2.45) is 0 Å². The summed E-state index contributed by atoms with van der Waals surface area (Å²) in [4.78, 5) is 14.8. The second-order valence-corrected chi connectivity index (χ2v) is 14.4. The van der Waals surface area contributed by atoms with Crippen LogP contribution in [0.3, 0.4) is 0 Å². The maximum atomic E-state index is 6.60. The predicted octanol–water partition coefficient (Wildman–Crippen LogP) is 12.2. The Morgan fingerprint density at radius 3 is 1.51 bits per heavy atom. The Labute approximate surface area is 310 Å². The van der Waals surface area contributed by atoms with Crippen LogP contribution in [0.15, 0.2) is 175 Å². The molecular weight excluding hydrogens is 667 g/mol. The van der Waals surface area contributed by atoms with Gasteiger partial charge in [0.15, 0.2) is 17.5 Å². The number of hydrogen-bond acceptors (Lipinski definition) is 5.